The van der Waals surface area contributed by atoms with Crippen LogP contribution in [0.25, 0.3) is 0 Å². The highest BCUT2D eigenvalue weighted by Crippen LogP contribution is 2.63. The SMILES string of the molecule is CCN(CC)c1nc(NN)nc(NC2C(C)(C)C2(C)C)n1. The number of hydrogen-bond donors (Lipinski definition) is 3. The molecule has 2 rings (SSSR count). The first kappa shape index (κ1) is 15.8. The summed E-state index contributed by atoms with van der Waals surface area (Å²) in [6, 6.07) is 0.336. The van der Waals surface area contributed by atoms with Crippen LogP contribution in [0.3, 0.4) is 0 Å². The molecule has 1 saturated carbocycles. The fourth-order valence-corrected chi connectivity index (χ4v) is 2.83. The number of nitrogen functional groups attached to an aromatic ring is 1. The minimum atomic E-state index is 0.214. The minimum absolute atomic E-state index is 0.214. The summed E-state index contributed by atoms with van der Waals surface area (Å²) in [4.78, 5) is 15.2. The van der Waals surface area contributed by atoms with Crippen LogP contribution in [-0.4, -0.2) is 34.1 Å². The Morgan fingerprint density at radius 1 is 1.00 bits per heavy atom. The van der Waals surface area contributed by atoms with Gasteiger partial charge in [-0.05, 0) is 24.7 Å². The van der Waals surface area contributed by atoms with Gasteiger partial charge < -0.3 is 10.2 Å². The molecule has 21 heavy (non-hydrogen) atoms. The van der Waals surface area contributed by atoms with Crippen molar-refractivity contribution in [3.63, 3.8) is 0 Å². The molecule has 118 valence electrons. The van der Waals surface area contributed by atoms with Crippen LogP contribution in [0.4, 0.5) is 17.8 Å². The van der Waals surface area contributed by atoms with E-state index in [1.54, 1.807) is 0 Å². The van der Waals surface area contributed by atoms with Crippen molar-refractivity contribution < 1.29 is 0 Å². The molecule has 7 heteroatoms. The number of nitrogens with zero attached hydrogens (tertiary/aromatic N) is 4. The number of rotatable bonds is 6. The van der Waals surface area contributed by atoms with Crippen LogP contribution in [0, 0.1) is 10.8 Å². The van der Waals surface area contributed by atoms with Crippen molar-refractivity contribution in [1.82, 2.24) is 15.0 Å². The van der Waals surface area contributed by atoms with Gasteiger partial charge in [0.15, 0.2) is 0 Å². The number of hydrazine groups is 1. The van der Waals surface area contributed by atoms with E-state index < -0.39 is 0 Å². The van der Waals surface area contributed by atoms with Gasteiger partial charge in [-0.3, -0.25) is 5.43 Å². The zero-order chi connectivity index (χ0) is 15.8. The lowest BCUT2D eigenvalue weighted by Gasteiger charge is -2.19. The molecular formula is C14H27N7. The summed E-state index contributed by atoms with van der Waals surface area (Å²) in [6.07, 6.45) is 0. The number of hydrogen-bond acceptors (Lipinski definition) is 7. The topological polar surface area (TPSA) is 92.0 Å². The zero-order valence-corrected chi connectivity index (χ0v) is 13.9. The Morgan fingerprint density at radius 3 is 1.95 bits per heavy atom. The molecule has 1 aliphatic carbocycles. The summed E-state index contributed by atoms with van der Waals surface area (Å²) in [5.74, 6) is 7.07. The quantitative estimate of drug-likeness (QED) is 0.544. The van der Waals surface area contributed by atoms with E-state index in [-0.39, 0.29) is 10.8 Å². The van der Waals surface area contributed by atoms with E-state index in [0.717, 1.165) is 13.1 Å². The molecule has 0 saturated heterocycles. The van der Waals surface area contributed by atoms with E-state index in [1.165, 1.54) is 0 Å². The fraction of sp³-hybridized carbons (Fsp3) is 0.786. The molecule has 0 amide bonds. The summed E-state index contributed by atoms with van der Waals surface area (Å²) < 4.78 is 0. The van der Waals surface area contributed by atoms with Gasteiger partial charge in [0, 0.05) is 19.1 Å². The molecule has 0 aliphatic heterocycles. The first-order valence-corrected chi connectivity index (χ1v) is 7.52. The number of nitrogens with one attached hydrogen (secondary N) is 2. The Balaban J connectivity index is 2.26. The molecule has 1 heterocycles. The molecule has 1 fully saturated rings. The predicted octanol–water partition coefficient (Wildman–Crippen LogP) is 1.85. The molecule has 0 bridgehead atoms. The summed E-state index contributed by atoms with van der Waals surface area (Å²) in [7, 11) is 0. The van der Waals surface area contributed by atoms with Gasteiger partial charge in [0.25, 0.3) is 0 Å². The number of aromatic nitrogens is 3. The van der Waals surface area contributed by atoms with Crippen molar-refractivity contribution in [3.05, 3.63) is 0 Å². The van der Waals surface area contributed by atoms with E-state index >= 15 is 0 Å². The van der Waals surface area contributed by atoms with E-state index in [9.17, 15) is 0 Å². The Bertz CT molecular complexity index is 494. The smallest absolute Gasteiger partial charge is 0.243 e. The van der Waals surface area contributed by atoms with Gasteiger partial charge >= 0.3 is 0 Å². The molecule has 1 aromatic rings. The number of nitrogens with two attached hydrogens (primary N) is 1. The van der Waals surface area contributed by atoms with Crippen LogP contribution in [0.15, 0.2) is 0 Å². The summed E-state index contributed by atoms with van der Waals surface area (Å²) in [6.45, 7) is 14.8. The molecule has 0 atom stereocenters. The van der Waals surface area contributed by atoms with Gasteiger partial charge in [0.1, 0.15) is 0 Å². The summed E-state index contributed by atoms with van der Waals surface area (Å²) >= 11 is 0. The van der Waals surface area contributed by atoms with E-state index in [0.29, 0.717) is 23.9 Å². The van der Waals surface area contributed by atoms with Crippen molar-refractivity contribution in [2.45, 2.75) is 47.6 Å². The summed E-state index contributed by atoms with van der Waals surface area (Å²) in [5.41, 5.74) is 2.94. The first-order chi connectivity index (χ1) is 9.77. The van der Waals surface area contributed by atoms with Crippen LogP contribution in [0.1, 0.15) is 41.5 Å². The van der Waals surface area contributed by atoms with Gasteiger partial charge in [-0.1, -0.05) is 27.7 Å². The number of anilines is 3. The largest absolute Gasteiger partial charge is 0.350 e. The molecule has 0 unspecified atom stereocenters. The lowest BCUT2D eigenvalue weighted by molar-refractivity contribution is 0.457. The fourth-order valence-electron chi connectivity index (χ4n) is 2.83. The lowest BCUT2D eigenvalue weighted by Crippen LogP contribution is -2.26. The molecule has 0 spiro atoms. The van der Waals surface area contributed by atoms with Crippen molar-refractivity contribution in [1.29, 1.82) is 0 Å². The van der Waals surface area contributed by atoms with Crippen molar-refractivity contribution in [2.24, 2.45) is 16.7 Å². The second-order valence-corrected chi connectivity index (χ2v) is 6.62. The highest BCUT2D eigenvalue weighted by molar-refractivity contribution is 5.46. The monoisotopic (exact) mass is 293 g/mol. The molecular weight excluding hydrogens is 266 g/mol. The van der Waals surface area contributed by atoms with Crippen LogP contribution in [-0.2, 0) is 0 Å². The third-order valence-corrected chi connectivity index (χ3v) is 5.09. The first-order valence-electron chi connectivity index (χ1n) is 7.52. The Hall–Kier alpha value is -1.63. The Labute approximate surface area is 126 Å². The van der Waals surface area contributed by atoms with Crippen LogP contribution < -0.4 is 21.5 Å². The average molecular weight is 293 g/mol. The standard InChI is InChI=1S/C14H27N7/c1-7-21(8-2)12-18-10(17-11(19-12)20-15)16-9-13(3,4)14(9,5)6/h9H,7-8,15H2,1-6H3,(H2,16,17,18,19,20). The third kappa shape index (κ3) is 2.62. The van der Waals surface area contributed by atoms with Gasteiger partial charge in [-0.15, -0.1) is 0 Å². The second kappa shape index (κ2) is 5.29. The highest BCUT2D eigenvalue weighted by Gasteiger charge is 2.65. The maximum atomic E-state index is 5.47. The van der Waals surface area contributed by atoms with E-state index in [4.69, 9.17) is 5.84 Å². The van der Waals surface area contributed by atoms with Crippen LogP contribution >= 0.6 is 0 Å². The Morgan fingerprint density at radius 2 is 1.52 bits per heavy atom. The molecule has 0 radical (unpaired) electrons. The molecule has 7 nitrogen and oxygen atoms in total. The molecule has 0 aromatic carbocycles. The predicted molar refractivity (Wildman–Crippen MR) is 86.2 cm³/mol. The van der Waals surface area contributed by atoms with Crippen molar-refractivity contribution in [2.75, 3.05) is 28.7 Å². The van der Waals surface area contributed by atoms with Gasteiger partial charge in [-0.25, -0.2) is 5.84 Å². The van der Waals surface area contributed by atoms with Gasteiger partial charge in [-0.2, -0.15) is 15.0 Å². The maximum Gasteiger partial charge on any atom is 0.243 e. The van der Waals surface area contributed by atoms with E-state index in [1.807, 2.05) is 0 Å². The Kier molecular flexibility index (Phi) is 3.97. The second-order valence-electron chi connectivity index (χ2n) is 6.62. The van der Waals surface area contributed by atoms with Crippen molar-refractivity contribution >= 4 is 17.8 Å². The zero-order valence-electron chi connectivity index (χ0n) is 13.9. The van der Waals surface area contributed by atoms with Gasteiger partial charge in [0.05, 0.1) is 0 Å². The molecule has 4 N–H and O–H groups in total. The van der Waals surface area contributed by atoms with Gasteiger partial charge in [0.2, 0.25) is 17.8 Å². The van der Waals surface area contributed by atoms with Crippen LogP contribution in [0.5, 0.6) is 0 Å². The third-order valence-electron chi connectivity index (χ3n) is 5.09. The minimum Gasteiger partial charge on any atom is -0.350 e. The summed E-state index contributed by atoms with van der Waals surface area (Å²) in [5, 5.41) is 3.43. The van der Waals surface area contributed by atoms with Crippen molar-refractivity contribution in [3.8, 4) is 0 Å². The molecule has 1 aliphatic rings. The molecule has 1 aromatic heterocycles. The average Bonchev–Trinajstić information content (AvgIpc) is 2.82. The van der Waals surface area contributed by atoms with Crippen LogP contribution in [0.2, 0.25) is 0 Å². The normalized spacial score (nSPS) is 19.2. The maximum absolute atomic E-state index is 5.47. The lowest BCUT2D eigenvalue weighted by atomic mass is 10.0. The van der Waals surface area contributed by atoms with E-state index in [2.05, 4.69) is 72.1 Å². The highest BCUT2D eigenvalue weighted by atomic mass is 15.4.